The van der Waals surface area contributed by atoms with E-state index in [-0.39, 0.29) is 5.82 Å². The molecule has 0 saturated carbocycles. The summed E-state index contributed by atoms with van der Waals surface area (Å²) in [7, 11) is 0. The molecular weight excluding hydrogens is 248 g/mol. The van der Waals surface area contributed by atoms with Crippen LogP contribution >= 0.6 is 11.6 Å². The Morgan fingerprint density at radius 1 is 1.28 bits per heavy atom. The zero-order chi connectivity index (χ0) is 13.1. The van der Waals surface area contributed by atoms with Gasteiger partial charge in [-0.15, -0.1) is 0 Å². The number of benzene rings is 1. The molecule has 0 saturated heterocycles. The molecule has 0 aliphatic carbocycles. The van der Waals surface area contributed by atoms with Gasteiger partial charge in [-0.25, -0.2) is 9.97 Å². The summed E-state index contributed by atoms with van der Waals surface area (Å²) in [5.41, 5.74) is 7.71. The Hall–Kier alpha value is -2.12. The molecule has 2 rings (SSSR count). The first-order valence-electron chi connectivity index (χ1n) is 5.37. The highest BCUT2D eigenvalue weighted by Crippen LogP contribution is 2.15. The fourth-order valence-corrected chi connectivity index (χ4v) is 1.78. The third-order valence-electron chi connectivity index (χ3n) is 2.55. The minimum atomic E-state index is 0.231. The maximum atomic E-state index is 8.89. The molecule has 0 unspecified atom stereocenters. The maximum Gasteiger partial charge on any atom is 0.145 e. The number of hydrogen-bond donors (Lipinski definition) is 1. The quantitative estimate of drug-likeness (QED) is 0.898. The molecule has 0 aliphatic heterocycles. The number of nitrogens with zero attached hydrogens (tertiary/aromatic N) is 3. The van der Waals surface area contributed by atoms with E-state index >= 15 is 0 Å². The molecule has 0 amide bonds. The lowest BCUT2D eigenvalue weighted by Crippen LogP contribution is -2.06. The van der Waals surface area contributed by atoms with Crippen molar-refractivity contribution in [3.63, 3.8) is 0 Å². The van der Waals surface area contributed by atoms with Crippen LogP contribution in [0.1, 0.15) is 22.6 Å². The number of rotatable bonds is 2. The summed E-state index contributed by atoms with van der Waals surface area (Å²) in [6.45, 7) is 1.75. The normalized spacial score (nSPS) is 10.1. The Kier molecular flexibility index (Phi) is 3.45. The molecule has 2 aromatic rings. The van der Waals surface area contributed by atoms with Crippen LogP contribution in [0.2, 0.25) is 5.02 Å². The van der Waals surface area contributed by atoms with Crippen LogP contribution in [-0.2, 0) is 6.42 Å². The Labute approximate surface area is 110 Å². The third kappa shape index (κ3) is 2.58. The zero-order valence-electron chi connectivity index (χ0n) is 9.81. The largest absolute Gasteiger partial charge is 0.382 e. The fourth-order valence-electron chi connectivity index (χ4n) is 1.66. The van der Waals surface area contributed by atoms with Gasteiger partial charge in [-0.3, -0.25) is 0 Å². The molecule has 5 heteroatoms. The van der Waals surface area contributed by atoms with Gasteiger partial charge in [-0.1, -0.05) is 23.7 Å². The molecule has 2 N–H and O–H groups in total. The molecular formula is C13H11ClN4. The van der Waals surface area contributed by atoms with Crippen molar-refractivity contribution in [3.8, 4) is 6.07 Å². The molecule has 0 aliphatic rings. The van der Waals surface area contributed by atoms with Crippen LogP contribution in [-0.4, -0.2) is 9.97 Å². The zero-order valence-corrected chi connectivity index (χ0v) is 10.6. The Morgan fingerprint density at radius 3 is 2.50 bits per heavy atom. The van der Waals surface area contributed by atoms with Crippen molar-refractivity contribution in [2.75, 3.05) is 5.73 Å². The first kappa shape index (κ1) is 12.3. The minimum Gasteiger partial charge on any atom is -0.382 e. The van der Waals surface area contributed by atoms with Crippen molar-refractivity contribution in [2.24, 2.45) is 0 Å². The highest BCUT2D eigenvalue weighted by Gasteiger charge is 2.09. The summed E-state index contributed by atoms with van der Waals surface area (Å²) in [6.07, 6.45) is 0.563. The highest BCUT2D eigenvalue weighted by molar-refractivity contribution is 6.30. The summed E-state index contributed by atoms with van der Waals surface area (Å²) >= 11 is 5.82. The molecule has 18 heavy (non-hydrogen) atoms. The Bertz CT molecular complexity index is 591. The summed E-state index contributed by atoms with van der Waals surface area (Å²) < 4.78 is 0. The van der Waals surface area contributed by atoms with E-state index in [1.54, 1.807) is 6.92 Å². The average Bonchev–Trinajstić information content (AvgIpc) is 2.32. The van der Waals surface area contributed by atoms with Gasteiger partial charge < -0.3 is 5.73 Å². The molecule has 1 heterocycles. The van der Waals surface area contributed by atoms with Gasteiger partial charge in [0.05, 0.1) is 5.69 Å². The maximum absolute atomic E-state index is 8.89. The van der Waals surface area contributed by atoms with E-state index in [1.807, 2.05) is 30.3 Å². The van der Waals surface area contributed by atoms with Gasteiger partial charge in [0.2, 0.25) is 0 Å². The molecule has 0 fully saturated rings. The molecule has 0 bridgehead atoms. The van der Waals surface area contributed by atoms with E-state index in [9.17, 15) is 0 Å². The average molecular weight is 259 g/mol. The van der Waals surface area contributed by atoms with Crippen molar-refractivity contribution in [1.29, 1.82) is 5.26 Å². The SMILES string of the molecule is Cc1nc(Cc2ccc(Cl)cc2)nc(N)c1C#N. The van der Waals surface area contributed by atoms with Crippen LogP contribution in [0, 0.1) is 18.3 Å². The predicted octanol–water partition coefficient (Wildman–Crippen LogP) is 2.48. The van der Waals surface area contributed by atoms with Gasteiger partial charge in [0.1, 0.15) is 23.3 Å². The smallest absolute Gasteiger partial charge is 0.145 e. The summed E-state index contributed by atoms with van der Waals surface area (Å²) in [5.74, 6) is 0.834. The van der Waals surface area contributed by atoms with Crippen LogP contribution in [0.4, 0.5) is 5.82 Å². The van der Waals surface area contributed by atoms with E-state index < -0.39 is 0 Å². The number of halogens is 1. The van der Waals surface area contributed by atoms with Crippen LogP contribution in [0.5, 0.6) is 0 Å². The molecule has 1 aromatic heterocycles. The Balaban J connectivity index is 2.31. The summed E-state index contributed by atoms with van der Waals surface area (Å²) in [4.78, 5) is 8.41. The van der Waals surface area contributed by atoms with Gasteiger partial charge in [-0.2, -0.15) is 5.26 Å². The lowest BCUT2D eigenvalue weighted by Gasteiger charge is -2.05. The van der Waals surface area contributed by atoms with E-state index in [0.717, 1.165) is 5.56 Å². The van der Waals surface area contributed by atoms with Crippen molar-refractivity contribution >= 4 is 17.4 Å². The minimum absolute atomic E-state index is 0.231. The number of nitrogen functional groups attached to an aromatic ring is 1. The lowest BCUT2D eigenvalue weighted by molar-refractivity contribution is 0.943. The van der Waals surface area contributed by atoms with Gasteiger partial charge in [0.15, 0.2) is 0 Å². The molecule has 0 atom stereocenters. The number of aromatic nitrogens is 2. The highest BCUT2D eigenvalue weighted by atomic mass is 35.5. The van der Waals surface area contributed by atoms with Crippen molar-refractivity contribution in [3.05, 3.63) is 51.9 Å². The summed E-state index contributed by atoms with van der Waals surface area (Å²) in [6, 6.07) is 9.45. The van der Waals surface area contributed by atoms with Crippen molar-refractivity contribution < 1.29 is 0 Å². The standard InChI is InChI=1S/C13H11ClN4/c1-8-11(7-15)13(16)18-12(17-8)6-9-2-4-10(14)5-3-9/h2-5H,6H2,1H3,(H2,16,17,18). The van der Waals surface area contributed by atoms with E-state index in [4.69, 9.17) is 22.6 Å². The second-order valence-electron chi connectivity index (χ2n) is 3.90. The number of nitriles is 1. The number of hydrogen-bond acceptors (Lipinski definition) is 4. The van der Waals surface area contributed by atoms with Crippen molar-refractivity contribution in [2.45, 2.75) is 13.3 Å². The first-order valence-corrected chi connectivity index (χ1v) is 5.75. The molecule has 90 valence electrons. The van der Waals surface area contributed by atoms with E-state index in [2.05, 4.69) is 9.97 Å². The van der Waals surface area contributed by atoms with Crippen LogP contribution in [0.15, 0.2) is 24.3 Å². The second-order valence-corrected chi connectivity index (χ2v) is 4.34. The van der Waals surface area contributed by atoms with Gasteiger partial charge in [0.25, 0.3) is 0 Å². The van der Waals surface area contributed by atoms with Gasteiger partial charge in [0, 0.05) is 11.4 Å². The van der Waals surface area contributed by atoms with Crippen LogP contribution in [0.25, 0.3) is 0 Å². The van der Waals surface area contributed by atoms with E-state index in [1.165, 1.54) is 0 Å². The number of anilines is 1. The molecule has 0 radical (unpaired) electrons. The topological polar surface area (TPSA) is 75.6 Å². The lowest BCUT2D eigenvalue weighted by atomic mass is 10.1. The summed E-state index contributed by atoms with van der Waals surface area (Å²) in [5, 5.41) is 9.58. The first-order chi connectivity index (χ1) is 8.60. The second kappa shape index (κ2) is 5.03. The molecule has 1 aromatic carbocycles. The monoisotopic (exact) mass is 258 g/mol. The van der Waals surface area contributed by atoms with E-state index in [0.29, 0.717) is 28.5 Å². The fraction of sp³-hybridized carbons (Fsp3) is 0.154. The van der Waals surface area contributed by atoms with Gasteiger partial charge >= 0.3 is 0 Å². The third-order valence-corrected chi connectivity index (χ3v) is 2.80. The van der Waals surface area contributed by atoms with Gasteiger partial charge in [-0.05, 0) is 24.6 Å². The van der Waals surface area contributed by atoms with Crippen LogP contribution in [0.3, 0.4) is 0 Å². The predicted molar refractivity (Wildman–Crippen MR) is 70.2 cm³/mol. The number of nitrogens with two attached hydrogens (primary N) is 1. The molecule has 0 spiro atoms. The van der Waals surface area contributed by atoms with Crippen LogP contribution < -0.4 is 5.73 Å². The number of aryl methyl sites for hydroxylation is 1. The molecule has 4 nitrogen and oxygen atoms in total. The Morgan fingerprint density at radius 2 is 1.94 bits per heavy atom. The van der Waals surface area contributed by atoms with Crippen molar-refractivity contribution in [1.82, 2.24) is 9.97 Å².